The number of hydrogen-bond acceptors (Lipinski definition) is 4. The van der Waals surface area contributed by atoms with E-state index in [1.54, 1.807) is 6.07 Å². The average Bonchev–Trinajstić information content (AvgIpc) is 3.06. The number of anilines is 1. The quantitative estimate of drug-likeness (QED) is 0.651. The Balaban J connectivity index is 1.82. The molecule has 7 heteroatoms. The number of halogens is 2. The van der Waals surface area contributed by atoms with Gasteiger partial charge in [-0.1, -0.05) is 38.4 Å². The lowest BCUT2D eigenvalue weighted by Crippen LogP contribution is -2.37. The van der Waals surface area contributed by atoms with E-state index in [-0.39, 0.29) is 11.2 Å². The van der Waals surface area contributed by atoms with Crippen LogP contribution < -0.4 is 4.90 Å². The SMILES string of the molecule is CC(C)(C)c1nc(N2CCOCC2)c2ccn(Cc3ccc(F)cc3Cl)c2n1. The minimum Gasteiger partial charge on any atom is -0.378 e. The summed E-state index contributed by atoms with van der Waals surface area (Å²) in [6.45, 7) is 9.87. The van der Waals surface area contributed by atoms with Gasteiger partial charge in [0.15, 0.2) is 0 Å². The molecular weight excluding hydrogens is 379 g/mol. The number of fused-ring (bicyclic) bond motifs is 1. The molecule has 5 nitrogen and oxygen atoms in total. The van der Waals surface area contributed by atoms with E-state index in [1.165, 1.54) is 12.1 Å². The van der Waals surface area contributed by atoms with Crippen molar-refractivity contribution in [3.63, 3.8) is 0 Å². The molecule has 0 bridgehead atoms. The van der Waals surface area contributed by atoms with Gasteiger partial charge in [-0.2, -0.15) is 0 Å². The van der Waals surface area contributed by atoms with Gasteiger partial charge in [0.25, 0.3) is 0 Å². The van der Waals surface area contributed by atoms with Crippen molar-refractivity contribution in [1.29, 1.82) is 0 Å². The Bertz CT molecular complexity index is 1010. The minimum absolute atomic E-state index is 0.183. The zero-order valence-electron chi connectivity index (χ0n) is 16.4. The van der Waals surface area contributed by atoms with Crippen LogP contribution in [-0.2, 0) is 16.7 Å². The number of hydrogen-bond donors (Lipinski definition) is 0. The number of nitrogens with zero attached hydrogens (tertiary/aromatic N) is 4. The van der Waals surface area contributed by atoms with Crippen molar-refractivity contribution in [2.45, 2.75) is 32.7 Å². The molecule has 2 aromatic heterocycles. The second-order valence-corrected chi connectivity index (χ2v) is 8.54. The van der Waals surface area contributed by atoms with Gasteiger partial charge in [0.2, 0.25) is 0 Å². The highest BCUT2D eigenvalue weighted by Crippen LogP contribution is 2.30. The highest BCUT2D eigenvalue weighted by Gasteiger charge is 2.24. The molecule has 3 aromatic rings. The Morgan fingerprint density at radius 2 is 1.89 bits per heavy atom. The van der Waals surface area contributed by atoms with Crippen molar-refractivity contribution in [3.8, 4) is 0 Å². The van der Waals surface area contributed by atoms with E-state index in [4.69, 9.17) is 26.3 Å². The number of morpholine rings is 1. The largest absolute Gasteiger partial charge is 0.378 e. The van der Waals surface area contributed by atoms with Crippen LogP contribution >= 0.6 is 11.6 Å². The first-order valence-electron chi connectivity index (χ1n) is 9.47. The maximum Gasteiger partial charge on any atom is 0.146 e. The van der Waals surface area contributed by atoms with E-state index in [2.05, 4.69) is 30.2 Å². The van der Waals surface area contributed by atoms with Crippen molar-refractivity contribution in [3.05, 3.63) is 52.7 Å². The van der Waals surface area contributed by atoms with Gasteiger partial charge in [-0.15, -0.1) is 0 Å². The molecule has 148 valence electrons. The highest BCUT2D eigenvalue weighted by atomic mass is 35.5. The molecule has 0 N–H and O–H groups in total. The fourth-order valence-corrected chi connectivity index (χ4v) is 3.59. The molecule has 1 aliphatic heterocycles. The van der Waals surface area contributed by atoms with Gasteiger partial charge in [0, 0.05) is 29.7 Å². The van der Waals surface area contributed by atoms with Crippen LogP contribution in [0.3, 0.4) is 0 Å². The maximum absolute atomic E-state index is 13.4. The molecule has 0 spiro atoms. The van der Waals surface area contributed by atoms with Crippen LogP contribution in [0.25, 0.3) is 11.0 Å². The smallest absolute Gasteiger partial charge is 0.146 e. The van der Waals surface area contributed by atoms with Crippen molar-refractivity contribution in [1.82, 2.24) is 14.5 Å². The Morgan fingerprint density at radius 3 is 2.57 bits per heavy atom. The molecular formula is C21H24ClFN4O. The van der Waals surface area contributed by atoms with Gasteiger partial charge >= 0.3 is 0 Å². The first kappa shape index (κ1) is 19.2. The lowest BCUT2D eigenvalue weighted by molar-refractivity contribution is 0.122. The highest BCUT2D eigenvalue weighted by molar-refractivity contribution is 6.31. The van der Waals surface area contributed by atoms with Gasteiger partial charge in [-0.25, -0.2) is 14.4 Å². The molecule has 0 amide bonds. The van der Waals surface area contributed by atoms with E-state index in [0.717, 1.165) is 41.3 Å². The van der Waals surface area contributed by atoms with Crippen LogP contribution in [0.2, 0.25) is 5.02 Å². The first-order valence-corrected chi connectivity index (χ1v) is 9.85. The van der Waals surface area contributed by atoms with Gasteiger partial charge in [0.1, 0.15) is 23.1 Å². The summed E-state index contributed by atoms with van der Waals surface area (Å²) in [4.78, 5) is 12.1. The molecule has 0 unspecified atom stereocenters. The van der Waals surface area contributed by atoms with E-state index in [9.17, 15) is 4.39 Å². The van der Waals surface area contributed by atoms with Crippen molar-refractivity contribution in [2.75, 3.05) is 31.2 Å². The van der Waals surface area contributed by atoms with Crippen molar-refractivity contribution < 1.29 is 9.13 Å². The number of benzene rings is 1. The third-order valence-corrected chi connectivity index (χ3v) is 5.29. The Kier molecular flexibility index (Phi) is 5.02. The zero-order valence-corrected chi connectivity index (χ0v) is 17.1. The summed E-state index contributed by atoms with van der Waals surface area (Å²) in [5.74, 6) is 1.41. The molecule has 1 saturated heterocycles. The number of rotatable bonds is 3. The van der Waals surface area contributed by atoms with Gasteiger partial charge in [0.05, 0.1) is 25.1 Å². The van der Waals surface area contributed by atoms with Crippen LogP contribution in [0.1, 0.15) is 32.2 Å². The summed E-state index contributed by atoms with van der Waals surface area (Å²) < 4.78 is 20.9. The lowest BCUT2D eigenvalue weighted by atomic mass is 9.95. The molecule has 28 heavy (non-hydrogen) atoms. The standard InChI is InChI=1S/C21H24ClFN4O/c1-21(2,3)20-24-18(26-8-10-28-11-9-26)16-6-7-27(19(16)25-20)13-14-4-5-15(23)12-17(14)22/h4-7,12H,8-11,13H2,1-3H3. The van der Waals surface area contributed by atoms with Gasteiger partial charge in [-0.3, -0.25) is 0 Å². The molecule has 3 heterocycles. The van der Waals surface area contributed by atoms with Crippen LogP contribution in [0.5, 0.6) is 0 Å². The van der Waals surface area contributed by atoms with Crippen LogP contribution in [-0.4, -0.2) is 40.8 Å². The number of aromatic nitrogens is 3. The Hall–Kier alpha value is -2.18. The Morgan fingerprint density at radius 1 is 1.14 bits per heavy atom. The third kappa shape index (κ3) is 3.71. The third-order valence-electron chi connectivity index (χ3n) is 4.94. The second kappa shape index (κ2) is 7.33. The summed E-state index contributed by atoms with van der Waals surface area (Å²) in [5, 5.41) is 1.42. The summed E-state index contributed by atoms with van der Waals surface area (Å²) in [6.07, 6.45) is 2.00. The second-order valence-electron chi connectivity index (χ2n) is 8.14. The fourth-order valence-electron chi connectivity index (χ4n) is 3.36. The topological polar surface area (TPSA) is 43.2 Å². The van der Waals surface area contributed by atoms with Crippen LogP contribution in [0, 0.1) is 5.82 Å². The molecule has 0 aliphatic carbocycles. The molecule has 0 radical (unpaired) electrons. The summed E-state index contributed by atoms with van der Waals surface area (Å²) in [6, 6.07) is 6.54. The Labute approximate surface area is 169 Å². The zero-order chi connectivity index (χ0) is 19.9. The molecule has 1 fully saturated rings. The predicted molar refractivity (Wildman–Crippen MR) is 110 cm³/mol. The normalized spacial score (nSPS) is 15.4. The predicted octanol–water partition coefficient (Wildman–Crippen LogP) is 4.41. The molecule has 0 atom stereocenters. The summed E-state index contributed by atoms with van der Waals surface area (Å²) in [7, 11) is 0. The summed E-state index contributed by atoms with van der Waals surface area (Å²) in [5.41, 5.74) is 1.53. The maximum atomic E-state index is 13.4. The first-order chi connectivity index (χ1) is 13.3. The van der Waals surface area contributed by atoms with E-state index < -0.39 is 0 Å². The molecule has 4 rings (SSSR count). The minimum atomic E-state index is -0.335. The monoisotopic (exact) mass is 402 g/mol. The van der Waals surface area contributed by atoms with Crippen LogP contribution in [0.4, 0.5) is 10.2 Å². The average molecular weight is 403 g/mol. The molecule has 1 aromatic carbocycles. The lowest BCUT2D eigenvalue weighted by Gasteiger charge is -2.29. The van der Waals surface area contributed by atoms with E-state index in [0.29, 0.717) is 24.8 Å². The van der Waals surface area contributed by atoms with Crippen molar-refractivity contribution in [2.24, 2.45) is 0 Å². The number of ether oxygens (including phenoxy) is 1. The van der Waals surface area contributed by atoms with Crippen LogP contribution in [0.15, 0.2) is 30.5 Å². The van der Waals surface area contributed by atoms with E-state index in [1.807, 2.05) is 12.3 Å². The van der Waals surface area contributed by atoms with Gasteiger partial charge < -0.3 is 14.2 Å². The van der Waals surface area contributed by atoms with E-state index >= 15 is 0 Å². The molecule has 1 aliphatic rings. The van der Waals surface area contributed by atoms with Gasteiger partial charge in [-0.05, 0) is 23.8 Å². The fraction of sp³-hybridized carbons (Fsp3) is 0.429. The van der Waals surface area contributed by atoms with Crippen molar-refractivity contribution >= 4 is 28.5 Å². The summed E-state index contributed by atoms with van der Waals surface area (Å²) >= 11 is 6.25. The molecule has 0 saturated carbocycles.